The van der Waals surface area contributed by atoms with Crippen molar-refractivity contribution in [1.29, 1.82) is 0 Å². The molecule has 0 aromatic heterocycles. The summed E-state index contributed by atoms with van der Waals surface area (Å²) < 4.78 is 10.5. The quantitative estimate of drug-likeness (QED) is 0.266. The van der Waals surface area contributed by atoms with E-state index in [-0.39, 0.29) is 9.89 Å². The van der Waals surface area contributed by atoms with Gasteiger partial charge in [0.15, 0.2) is 4.90 Å². The highest BCUT2D eigenvalue weighted by Crippen LogP contribution is 2.21. The van der Waals surface area contributed by atoms with E-state index in [1.54, 1.807) is 0 Å². The zero-order valence-corrected chi connectivity index (χ0v) is 13.2. The first kappa shape index (κ1) is 14.1. The maximum Gasteiger partial charge on any atom is 0.323 e. The SMILES string of the molecule is CC(I)C(=O)Oc1ccc([S+]2CCOCC2)cc1. The molecule has 1 fully saturated rings. The minimum atomic E-state index is -0.197. The van der Waals surface area contributed by atoms with Crippen LogP contribution in [-0.2, 0) is 20.4 Å². The molecule has 1 aromatic carbocycles. The number of carbonyl (C=O) groups excluding carboxylic acids is 1. The maximum atomic E-state index is 11.5. The average Bonchev–Trinajstić information content (AvgIpc) is 2.40. The van der Waals surface area contributed by atoms with Crippen molar-refractivity contribution in [1.82, 2.24) is 0 Å². The van der Waals surface area contributed by atoms with Crippen molar-refractivity contribution in [3.63, 3.8) is 0 Å². The van der Waals surface area contributed by atoms with Gasteiger partial charge >= 0.3 is 5.97 Å². The van der Waals surface area contributed by atoms with Gasteiger partial charge < -0.3 is 9.47 Å². The van der Waals surface area contributed by atoms with Crippen molar-refractivity contribution >= 4 is 39.5 Å². The van der Waals surface area contributed by atoms with Gasteiger partial charge in [-0.25, -0.2) is 0 Å². The Bertz CT molecular complexity index is 399. The smallest absolute Gasteiger partial charge is 0.323 e. The third kappa shape index (κ3) is 3.86. The van der Waals surface area contributed by atoms with Crippen LogP contribution in [0.1, 0.15) is 6.92 Å². The number of rotatable bonds is 3. The van der Waals surface area contributed by atoms with Crippen LogP contribution in [0.2, 0.25) is 0 Å². The number of carbonyl (C=O) groups is 1. The van der Waals surface area contributed by atoms with Gasteiger partial charge in [-0.1, -0.05) is 22.6 Å². The van der Waals surface area contributed by atoms with E-state index in [0.29, 0.717) is 16.6 Å². The molecule has 3 nitrogen and oxygen atoms in total. The van der Waals surface area contributed by atoms with E-state index in [1.807, 2.05) is 19.1 Å². The van der Waals surface area contributed by atoms with E-state index in [9.17, 15) is 4.79 Å². The Morgan fingerprint density at radius 2 is 1.94 bits per heavy atom. The highest BCUT2D eigenvalue weighted by molar-refractivity contribution is 14.1. The molecule has 5 heteroatoms. The van der Waals surface area contributed by atoms with Gasteiger partial charge in [-0.2, -0.15) is 0 Å². The monoisotopic (exact) mass is 379 g/mol. The molecule has 0 saturated carbocycles. The normalized spacial score (nSPS) is 18.3. The minimum absolute atomic E-state index is 0.125. The number of ether oxygens (including phenoxy) is 2. The van der Waals surface area contributed by atoms with Gasteiger partial charge in [-0.15, -0.1) is 0 Å². The predicted octanol–water partition coefficient (Wildman–Crippen LogP) is 2.42. The molecule has 1 aliphatic heterocycles. The van der Waals surface area contributed by atoms with E-state index < -0.39 is 0 Å². The fourth-order valence-corrected chi connectivity index (χ4v) is 3.62. The molecule has 0 N–H and O–H groups in total. The summed E-state index contributed by atoms with van der Waals surface area (Å²) in [4.78, 5) is 12.8. The number of benzene rings is 1. The zero-order valence-electron chi connectivity index (χ0n) is 10.2. The summed E-state index contributed by atoms with van der Waals surface area (Å²) in [7, 11) is 0.295. The summed E-state index contributed by atoms with van der Waals surface area (Å²) in [6.45, 7) is 3.53. The van der Waals surface area contributed by atoms with E-state index in [2.05, 4.69) is 34.7 Å². The number of hydrogen-bond donors (Lipinski definition) is 0. The van der Waals surface area contributed by atoms with Gasteiger partial charge in [0.1, 0.15) is 21.2 Å². The second-order valence-electron chi connectivity index (χ2n) is 4.02. The fraction of sp³-hybridized carbons (Fsp3) is 0.462. The Morgan fingerprint density at radius 1 is 1.33 bits per heavy atom. The molecule has 1 aliphatic rings. The highest BCUT2D eigenvalue weighted by Gasteiger charge is 2.25. The molecule has 1 aromatic rings. The number of esters is 1. The number of alkyl halides is 1. The average molecular weight is 379 g/mol. The van der Waals surface area contributed by atoms with Crippen molar-refractivity contribution in [2.24, 2.45) is 0 Å². The third-order valence-corrected chi connectivity index (χ3v) is 5.41. The van der Waals surface area contributed by atoms with Crippen LogP contribution in [0, 0.1) is 0 Å². The van der Waals surface area contributed by atoms with E-state index >= 15 is 0 Å². The number of hydrogen-bond acceptors (Lipinski definition) is 3. The molecule has 0 amide bonds. The van der Waals surface area contributed by atoms with Crippen molar-refractivity contribution in [3.8, 4) is 5.75 Å². The second-order valence-corrected chi connectivity index (χ2v) is 8.16. The van der Waals surface area contributed by atoms with Gasteiger partial charge in [-0.05, 0) is 31.2 Å². The molecule has 98 valence electrons. The Morgan fingerprint density at radius 3 is 2.50 bits per heavy atom. The predicted molar refractivity (Wildman–Crippen MR) is 81.7 cm³/mol. The molecule has 1 saturated heterocycles. The number of halogens is 1. The van der Waals surface area contributed by atoms with Gasteiger partial charge in [0, 0.05) is 10.9 Å². The lowest BCUT2D eigenvalue weighted by Gasteiger charge is -2.14. The lowest BCUT2D eigenvalue weighted by molar-refractivity contribution is -0.133. The molecule has 0 spiro atoms. The lowest BCUT2D eigenvalue weighted by atomic mass is 10.3. The summed E-state index contributed by atoms with van der Waals surface area (Å²) in [5, 5.41) is 0. The first-order valence-corrected chi connectivity index (χ1v) is 8.69. The van der Waals surface area contributed by atoms with Crippen LogP contribution >= 0.6 is 22.6 Å². The summed E-state index contributed by atoms with van der Waals surface area (Å²) in [5.41, 5.74) is 0. The molecule has 0 radical (unpaired) electrons. The molecule has 0 aliphatic carbocycles. The molecule has 2 rings (SSSR count). The van der Waals surface area contributed by atoms with Crippen LogP contribution < -0.4 is 4.74 Å². The van der Waals surface area contributed by atoms with E-state index in [0.717, 1.165) is 24.7 Å². The molecule has 0 bridgehead atoms. The zero-order chi connectivity index (χ0) is 13.0. The van der Waals surface area contributed by atoms with E-state index in [1.165, 1.54) is 4.90 Å². The van der Waals surface area contributed by atoms with Crippen LogP contribution in [-0.4, -0.2) is 34.6 Å². The molecule has 18 heavy (non-hydrogen) atoms. The Labute approximate surface area is 124 Å². The molecule has 1 unspecified atom stereocenters. The van der Waals surface area contributed by atoms with Crippen LogP contribution in [0.3, 0.4) is 0 Å². The molecule has 1 heterocycles. The lowest BCUT2D eigenvalue weighted by Crippen LogP contribution is -2.26. The van der Waals surface area contributed by atoms with Crippen LogP contribution in [0.4, 0.5) is 0 Å². The van der Waals surface area contributed by atoms with Gasteiger partial charge in [0.25, 0.3) is 0 Å². The fourth-order valence-electron chi connectivity index (χ4n) is 1.66. The summed E-state index contributed by atoms with van der Waals surface area (Å²) in [5.74, 6) is 2.63. The first-order valence-electron chi connectivity index (χ1n) is 5.88. The van der Waals surface area contributed by atoms with Gasteiger partial charge in [0.2, 0.25) is 0 Å². The van der Waals surface area contributed by atoms with Crippen molar-refractivity contribution in [3.05, 3.63) is 24.3 Å². The standard InChI is InChI=1S/C13H16IO3S/c1-10(14)13(15)17-11-2-4-12(5-3-11)18-8-6-16-7-9-18/h2-5,10H,6-9H2,1H3/q+1. The Balaban J connectivity index is 1.98. The topological polar surface area (TPSA) is 35.5 Å². The molecular weight excluding hydrogens is 363 g/mol. The van der Waals surface area contributed by atoms with Gasteiger partial charge in [-0.3, -0.25) is 4.79 Å². The largest absolute Gasteiger partial charge is 0.426 e. The molecular formula is C13H16IO3S+. The Kier molecular flexibility index (Phi) is 5.32. The first-order chi connectivity index (χ1) is 8.66. The van der Waals surface area contributed by atoms with Crippen molar-refractivity contribution in [2.75, 3.05) is 24.7 Å². The van der Waals surface area contributed by atoms with Crippen LogP contribution in [0.15, 0.2) is 29.2 Å². The summed E-state index contributed by atoms with van der Waals surface area (Å²) in [6.07, 6.45) is 0. The maximum absolute atomic E-state index is 11.5. The highest BCUT2D eigenvalue weighted by atomic mass is 127. The van der Waals surface area contributed by atoms with Crippen LogP contribution in [0.25, 0.3) is 0 Å². The van der Waals surface area contributed by atoms with Gasteiger partial charge in [0.05, 0.1) is 13.2 Å². The van der Waals surface area contributed by atoms with E-state index in [4.69, 9.17) is 9.47 Å². The third-order valence-electron chi connectivity index (χ3n) is 2.65. The summed E-state index contributed by atoms with van der Waals surface area (Å²) in [6, 6.07) is 7.90. The second kappa shape index (κ2) is 6.77. The van der Waals surface area contributed by atoms with Crippen molar-refractivity contribution in [2.45, 2.75) is 15.7 Å². The minimum Gasteiger partial charge on any atom is -0.426 e. The summed E-state index contributed by atoms with van der Waals surface area (Å²) >= 11 is 2.05. The Hall–Kier alpha value is -0.270. The van der Waals surface area contributed by atoms with Crippen LogP contribution in [0.5, 0.6) is 5.75 Å². The van der Waals surface area contributed by atoms with Crippen molar-refractivity contribution < 1.29 is 14.3 Å². The molecule has 1 atom stereocenters.